The summed E-state index contributed by atoms with van der Waals surface area (Å²) in [7, 11) is 0. The van der Waals surface area contributed by atoms with Crippen LogP contribution in [-0.2, 0) is 0 Å². The maximum absolute atomic E-state index is 5.91. The molecule has 3 aromatic rings. The fraction of sp³-hybridized carbons (Fsp3) is 0. The molecule has 0 bridgehead atoms. The number of aromatic nitrogens is 4. The number of hydrogen-bond acceptors (Lipinski definition) is 4. The molecule has 1 aromatic carbocycles. The SMILES string of the molecule is NC(=Nc1ccccn1)n1nnc2ccccc21. The zero-order chi connectivity index (χ0) is 12.4. The van der Waals surface area contributed by atoms with Gasteiger partial charge in [0.15, 0.2) is 5.82 Å². The van der Waals surface area contributed by atoms with Gasteiger partial charge in [0, 0.05) is 6.20 Å². The molecule has 0 aliphatic carbocycles. The van der Waals surface area contributed by atoms with Crippen molar-refractivity contribution in [1.29, 1.82) is 0 Å². The van der Waals surface area contributed by atoms with Crippen LogP contribution in [0.4, 0.5) is 5.82 Å². The van der Waals surface area contributed by atoms with Gasteiger partial charge in [-0.1, -0.05) is 23.4 Å². The number of nitrogens with two attached hydrogens (primary N) is 1. The van der Waals surface area contributed by atoms with Crippen molar-refractivity contribution in [2.45, 2.75) is 0 Å². The number of para-hydroxylation sites is 1. The molecule has 0 atom stereocenters. The number of rotatable bonds is 1. The monoisotopic (exact) mass is 238 g/mol. The molecular formula is C12H10N6. The maximum atomic E-state index is 5.91. The fourth-order valence-electron chi connectivity index (χ4n) is 1.62. The number of benzene rings is 1. The third-order valence-electron chi connectivity index (χ3n) is 2.45. The van der Waals surface area contributed by atoms with Gasteiger partial charge in [0.2, 0.25) is 5.96 Å². The van der Waals surface area contributed by atoms with Crippen molar-refractivity contribution in [2.75, 3.05) is 0 Å². The number of pyridine rings is 1. The first-order chi connectivity index (χ1) is 8.84. The Bertz CT molecular complexity index is 701. The van der Waals surface area contributed by atoms with E-state index in [4.69, 9.17) is 5.73 Å². The van der Waals surface area contributed by atoms with Gasteiger partial charge in [-0.3, -0.25) is 0 Å². The quantitative estimate of drug-likeness (QED) is 0.512. The van der Waals surface area contributed by atoms with E-state index >= 15 is 0 Å². The molecule has 18 heavy (non-hydrogen) atoms. The number of fused-ring (bicyclic) bond motifs is 1. The van der Waals surface area contributed by atoms with Gasteiger partial charge in [-0.05, 0) is 24.3 Å². The number of hydrogen-bond donors (Lipinski definition) is 1. The minimum Gasteiger partial charge on any atom is -0.368 e. The Labute approximate surface area is 103 Å². The molecule has 0 fully saturated rings. The molecule has 0 spiro atoms. The first-order valence-corrected chi connectivity index (χ1v) is 5.40. The van der Waals surface area contributed by atoms with E-state index in [0.29, 0.717) is 5.82 Å². The number of aliphatic imine (C=N–C) groups is 1. The predicted octanol–water partition coefficient (Wildman–Crippen LogP) is 1.32. The Kier molecular flexibility index (Phi) is 2.45. The molecule has 2 aromatic heterocycles. The van der Waals surface area contributed by atoms with Crippen LogP contribution in [0.1, 0.15) is 0 Å². The lowest BCUT2D eigenvalue weighted by atomic mass is 10.3. The molecule has 0 aliphatic rings. The summed E-state index contributed by atoms with van der Waals surface area (Å²) in [6.07, 6.45) is 1.66. The first-order valence-electron chi connectivity index (χ1n) is 5.40. The largest absolute Gasteiger partial charge is 0.368 e. The van der Waals surface area contributed by atoms with E-state index in [1.807, 2.05) is 36.4 Å². The van der Waals surface area contributed by atoms with E-state index in [1.165, 1.54) is 4.68 Å². The van der Waals surface area contributed by atoms with Crippen molar-refractivity contribution < 1.29 is 0 Å². The highest BCUT2D eigenvalue weighted by atomic mass is 15.5. The summed E-state index contributed by atoms with van der Waals surface area (Å²) in [5, 5.41) is 7.99. The van der Waals surface area contributed by atoms with Crippen LogP contribution >= 0.6 is 0 Å². The second kappa shape index (κ2) is 4.25. The van der Waals surface area contributed by atoms with Crippen LogP contribution in [0.5, 0.6) is 0 Å². The highest BCUT2D eigenvalue weighted by Gasteiger charge is 2.06. The molecule has 0 aliphatic heterocycles. The highest BCUT2D eigenvalue weighted by molar-refractivity contribution is 5.90. The van der Waals surface area contributed by atoms with Crippen LogP contribution in [0.25, 0.3) is 11.0 Å². The molecule has 6 heteroatoms. The minimum absolute atomic E-state index is 0.238. The standard InChI is InChI=1S/C12H10N6/c13-12(15-11-7-3-4-8-14-11)18-10-6-2-1-5-9(10)16-17-18/h1-8H,(H2,13,14,15). The van der Waals surface area contributed by atoms with Crippen molar-refractivity contribution in [1.82, 2.24) is 20.0 Å². The molecule has 6 nitrogen and oxygen atoms in total. The van der Waals surface area contributed by atoms with Crippen LogP contribution in [0.3, 0.4) is 0 Å². The van der Waals surface area contributed by atoms with E-state index in [0.717, 1.165) is 11.0 Å². The summed E-state index contributed by atoms with van der Waals surface area (Å²) in [5.41, 5.74) is 7.50. The second-order valence-electron chi connectivity index (χ2n) is 3.65. The summed E-state index contributed by atoms with van der Waals surface area (Å²) in [6.45, 7) is 0. The van der Waals surface area contributed by atoms with Gasteiger partial charge in [-0.25, -0.2) is 4.98 Å². The van der Waals surface area contributed by atoms with Crippen LogP contribution < -0.4 is 5.73 Å². The zero-order valence-corrected chi connectivity index (χ0v) is 9.43. The molecule has 0 amide bonds. The lowest BCUT2D eigenvalue weighted by molar-refractivity contribution is 0.853. The maximum Gasteiger partial charge on any atom is 0.225 e. The number of nitrogens with zero attached hydrogens (tertiary/aromatic N) is 5. The lowest BCUT2D eigenvalue weighted by Crippen LogP contribution is -2.23. The Morgan fingerprint density at radius 1 is 1.11 bits per heavy atom. The van der Waals surface area contributed by atoms with Crippen molar-refractivity contribution in [3.05, 3.63) is 48.7 Å². The summed E-state index contributed by atoms with van der Waals surface area (Å²) in [5.74, 6) is 0.775. The third-order valence-corrected chi connectivity index (χ3v) is 2.45. The van der Waals surface area contributed by atoms with Gasteiger partial charge in [0.25, 0.3) is 0 Å². The molecule has 2 N–H and O–H groups in total. The van der Waals surface area contributed by atoms with E-state index < -0.39 is 0 Å². The summed E-state index contributed by atoms with van der Waals surface area (Å²) >= 11 is 0. The Morgan fingerprint density at radius 3 is 2.78 bits per heavy atom. The van der Waals surface area contributed by atoms with Crippen molar-refractivity contribution >= 4 is 22.8 Å². The summed E-state index contributed by atoms with van der Waals surface area (Å²) in [4.78, 5) is 8.28. The lowest BCUT2D eigenvalue weighted by Gasteiger charge is -2.00. The molecule has 0 radical (unpaired) electrons. The fourth-order valence-corrected chi connectivity index (χ4v) is 1.62. The van der Waals surface area contributed by atoms with Crippen LogP contribution in [0.15, 0.2) is 53.7 Å². The van der Waals surface area contributed by atoms with Gasteiger partial charge in [0.1, 0.15) is 5.52 Å². The van der Waals surface area contributed by atoms with Gasteiger partial charge in [0.05, 0.1) is 5.52 Å². The van der Waals surface area contributed by atoms with E-state index in [9.17, 15) is 0 Å². The average Bonchev–Trinajstić information content (AvgIpc) is 2.84. The smallest absolute Gasteiger partial charge is 0.225 e. The molecule has 3 rings (SSSR count). The van der Waals surface area contributed by atoms with E-state index in [1.54, 1.807) is 12.3 Å². The molecule has 0 saturated carbocycles. The minimum atomic E-state index is 0.238. The van der Waals surface area contributed by atoms with E-state index in [-0.39, 0.29) is 5.96 Å². The van der Waals surface area contributed by atoms with Crippen LogP contribution in [0.2, 0.25) is 0 Å². The predicted molar refractivity (Wildman–Crippen MR) is 68.4 cm³/mol. The average molecular weight is 238 g/mol. The van der Waals surface area contributed by atoms with E-state index in [2.05, 4.69) is 20.3 Å². The first kappa shape index (κ1) is 10.4. The van der Waals surface area contributed by atoms with Crippen LogP contribution in [0, 0.1) is 0 Å². The van der Waals surface area contributed by atoms with Gasteiger partial charge in [-0.15, -0.1) is 5.10 Å². The molecule has 0 saturated heterocycles. The molecule has 0 unspecified atom stereocenters. The Hall–Kier alpha value is -2.76. The van der Waals surface area contributed by atoms with Gasteiger partial charge >= 0.3 is 0 Å². The normalized spacial score (nSPS) is 11.9. The molecule has 2 heterocycles. The highest BCUT2D eigenvalue weighted by Crippen LogP contribution is 2.10. The van der Waals surface area contributed by atoms with Gasteiger partial charge in [-0.2, -0.15) is 9.67 Å². The van der Waals surface area contributed by atoms with Crippen molar-refractivity contribution in [2.24, 2.45) is 10.7 Å². The molecule has 88 valence electrons. The Balaban J connectivity index is 2.07. The summed E-state index contributed by atoms with van der Waals surface area (Å²) in [6, 6.07) is 13.0. The van der Waals surface area contributed by atoms with Crippen LogP contribution in [-0.4, -0.2) is 25.9 Å². The third kappa shape index (κ3) is 1.80. The van der Waals surface area contributed by atoms with Gasteiger partial charge < -0.3 is 5.73 Å². The zero-order valence-electron chi connectivity index (χ0n) is 9.43. The second-order valence-corrected chi connectivity index (χ2v) is 3.65. The Morgan fingerprint density at radius 2 is 1.94 bits per heavy atom. The van der Waals surface area contributed by atoms with Crippen molar-refractivity contribution in [3.63, 3.8) is 0 Å². The molecular weight excluding hydrogens is 228 g/mol. The van der Waals surface area contributed by atoms with Crippen molar-refractivity contribution in [3.8, 4) is 0 Å². The summed E-state index contributed by atoms with van der Waals surface area (Å²) < 4.78 is 1.49. The topological polar surface area (TPSA) is 82.0 Å².